The molecule has 0 saturated carbocycles. The van der Waals surface area contributed by atoms with E-state index in [0.717, 1.165) is 26.6 Å². The van der Waals surface area contributed by atoms with E-state index in [-0.39, 0.29) is 0 Å². The number of aromatic nitrogens is 2. The second kappa shape index (κ2) is 4.71. The van der Waals surface area contributed by atoms with Crippen molar-refractivity contribution in [2.45, 2.75) is 6.92 Å². The zero-order valence-electron chi connectivity index (χ0n) is 11.5. The fraction of sp³-hybridized carbons (Fsp3) is 0.0556. The van der Waals surface area contributed by atoms with Crippen molar-refractivity contribution in [1.82, 2.24) is 9.97 Å². The highest BCUT2D eigenvalue weighted by molar-refractivity contribution is 9.10. The Balaban J connectivity index is 2.00. The molecule has 0 bridgehead atoms. The van der Waals surface area contributed by atoms with Crippen molar-refractivity contribution >= 4 is 37.7 Å². The summed E-state index contributed by atoms with van der Waals surface area (Å²) in [5.41, 5.74) is 5.57. The standard InChI is InChI=1S/C18H13BrN2/c1-11-4-2-6-13-14(10-20-17(11)13)16-9-8-12-5-3-7-15(19)18(12)21-16/h2-10,20H,1H3. The highest BCUT2D eigenvalue weighted by Gasteiger charge is 2.10. The van der Waals surface area contributed by atoms with Gasteiger partial charge in [0, 0.05) is 32.5 Å². The zero-order chi connectivity index (χ0) is 14.4. The largest absolute Gasteiger partial charge is 0.360 e. The zero-order valence-corrected chi connectivity index (χ0v) is 13.1. The van der Waals surface area contributed by atoms with Crippen LogP contribution in [0.1, 0.15) is 5.56 Å². The van der Waals surface area contributed by atoms with Crippen LogP contribution in [0.5, 0.6) is 0 Å². The number of para-hydroxylation sites is 2. The number of H-pyrrole nitrogens is 1. The van der Waals surface area contributed by atoms with Gasteiger partial charge < -0.3 is 4.98 Å². The summed E-state index contributed by atoms with van der Waals surface area (Å²) in [6.45, 7) is 2.12. The van der Waals surface area contributed by atoms with Crippen LogP contribution in [-0.4, -0.2) is 9.97 Å². The monoisotopic (exact) mass is 336 g/mol. The molecule has 0 radical (unpaired) electrons. The number of pyridine rings is 1. The van der Waals surface area contributed by atoms with Gasteiger partial charge in [0.1, 0.15) is 0 Å². The quantitative estimate of drug-likeness (QED) is 0.491. The molecule has 2 aromatic carbocycles. The van der Waals surface area contributed by atoms with Crippen molar-refractivity contribution in [3.05, 3.63) is 64.8 Å². The average molecular weight is 337 g/mol. The van der Waals surface area contributed by atoms with Gasteiger partial charge in [0.25, 0.3) is 0 Å². The van der Waals surface area contributed by atoms with Crippen molar-refractivity contribution < 1.29 is 0 Å². The van der Waals surface area contributed by atoms with Crippen molar-refractivity contribution in [3.8, 4) is 11.3 Å². The minimum atomic E-state index is 0.992. The van der Waals surface area contributed by atoms with Gasteiger partial charge in [-0.15, -0.1) is 0 Å². The summed E-state index contributed by atoms with van der Waals surface area (Å²) in [6, 6.07) is 16.7. The lowest BCUT2D eigenvalue weighted by atomic mass is 10.1. The third-order valence-electron chi connectivity index (χ3n) is 3.87. The van der Waals surface area contributed by atoms with Crippen LogP contribution in [0.25, 0.3) is 33.1 Å². The van der Waals surface area contributed by atoms with Crippen molar-refractivity contribution in [3.63, 3.8) is 0 Å². The van der Waals surface area contributed by atoms with Crippen LogP contribution < -0.4 is 0 Å². The Kier molecular flexibility index (Phi) is 2.82. The molecule has 0 atom stereocenters. The Hall–Kier alpha value is -2.13. The number of aromatic amines is 1. The number of halogens is 1. The van der Waals surface area contributed by atoms with Gasteiger partial charge >= 0.3 is 0 Å². The van der Waals surface area contributed by atoms with E-state index >= 15 is 0 Å². The Bertz CT molecular complexity index is 969. The molecule has 21 heavy (non-hydrogen) atoms. The summed E-state index contributed by atoms with van der Waals surface area (Å²) in [6.07, 6.45) is 2.04. The average Bonchev–Trinajstić information content (AvgIpc) is 2.93. The molecule has 0 unspecified atom stereocenters. The van der Waals surface area contributed by atoms with Gasteiger partial charge in [-0.3, -0.25) is 0 Å². The minimum absolute atomic E-state index is 0.992. The van der Waals surface area contributed by atoms with E-state index in [9.17, 15) is 0 Å². The number of nitrogens with zero attached hydrogens (tertiary/aromatic N) is 1. The highest BCUT2D eigenvalue weighted by Crippen LogP contribution is 2.31. The van der Waals surface area contributed by atoms with Crippen LogP contribution in [0.4, 0.5) is 0 Å². The normalized spacial score (nSPS) is 11.3. The van der Waals surface area contributed by atoms with Crippen molar-refractivity contribution in [2.75, 3.05) is 0 Å². The molecule has 1 N–H and O–H groups in total. The van der Waals surface area contributed by atoms with E-state index in [2.05, 4.69) is 64.2 Å². The molecular formula is C18H13BrN2. The molecule has 0 aliphatic rings. The minimum Gasteiger partial charge on any atom is -0.360 e. The molecule has 0 aliphatic carbocycles. The maximum Gasteiger partial charge on any atom is 0.0851 e. The summed E-state index contributed by atoms with van der Waals surface area (Å²) < 4.78 is 1.03. The topological polar surface area (TPSA) is 28.7 Å². The summed E-state index contributed by atoms with van der Waals surface area (Å²) in [5, 5.41) is 2.36. The molecule has 0 aliphatic heterocycles. The third-order valence-corrected chi connectivity index (χ3v) is 4.51. The summed E-state index contributed by atoms with van der Waals surface area (Å²) in [4.78, 5) is 8.20. The van der Waals surface area contributed by atoms with Crippen LogP contribution in [-0.2, 0) is 0 Å². The fourth-order valence-corrected chi connectivity index (χ4v) is 3.25. The molecule has 2 heterocycles. The number of hydrogen-bond acceptors (Lipinski definition) is 1. The second-order valence-corrected chi connectivity index (χ2v) is 6.06. The molecule has 3 heteroatoms. The number of aryl methyl sites for hydroxylation is 1. The summed E-state index contributed by atoms with van der Waals surface area (Å²) in [5.74, 6) is 0. The Morgan fingerprint density at radius 1 is 1.00 bits per heavy atom. The first-order valence-corrected chi connectivity index (χ1v) is 7.66. The Morgan fingerprint density at radius 2 is 1.86 bits per heavy atom. The van der Waals surface area contributed by atoms with E-state index in [1.807, 2.05) is 18.3 Å². The van der Waals surface area contributed by atoms with Gasteiger partial charge in [0.05, 0.1) is 11.2 Å². The van der Waals surface area contributed by atoms with Gasteiger partial charge in [0.15, 0.2) is 0 Å². The molecule has 0 amide bonds. The SMILES string of the molecule is Cc1cccc2c(-c3ccc4cccc(Br)c4n3)c[nH]c12. The molecule has 4 rings (SSSR count). The van der Waals surface area contributed by atoms with Gasteiger partial charge in [-0.25, -0.2) is 4.98 Å². The first-order valence-electron chi connectivity index (χ1n) is 6.86. The van der Waals surface area contributed by atoms with Crippen LogP contribution in [0.2, 0.25) is 0 Å². The maximum atomic E-state index is 4.83. The number of benzene rings is 2. The number of nitrogens with one attached hydrogen (secondary N) is 1. The highest BCUT2D eigenvalue weighted by atomic mass is 79.9. The van der Waals surface area contributed by atoms with E-state index in [0.29, 0.717) is 0 Å². The van der Waals surface area contributed by atoms with Crippen LogP contribution in [0, 0.1) is 6.92 Å². The maximum absolute atomic E-state index is 4.83. The van der Waals surface area contributed by atoms with Crippen LogP contribution in [0.3, 0.4) is 0 Å². The second-order valence-electron chi connectivity index (χ2n) is 5.21. The fourth-order valence-electron chi connectivity index (χ4n) is 2.78. The molecular weight excluding hydrogens is 324 g/mol. The number of rotatable bonds is 1. The van der Waals surface area contributed by atoms with Gasteiger partial charge in [0.2, 0.25) is 0 Å². The first-order chi connectivity index (χ1) is 10.2. The number of hydrogen-bond donors (Lipinski definition) is 1. The lowest BCUT2D eigenvalue weighted by Gasteiger charge is -2.04. The van der Waals surface area contributed by atoms with Crippen LogP contribution in [0.15, 0.2) is 59.2 Å². The first kappa shape index (κ1) is 12.6. The lowest BCUT2D eigenvalue weighted by molar-refractivity contribution is 1.38. The molecule has 0 spiro atoms. The lowest BCUT2D eigenvalue weighted by Crippen LogP contribution is -1.85. The van der Waals surface area contributed by atoms with E-state index < -0.39 is 0 Å². The van der Waals surface area contributed by atoms with Crippen LogP contribution >= 0.6 is 15.9 Å². The van der Waals surface area contributed by atoms with E-state index in [4.69, 9.17) is 4.98 Å². The Labute approximate surface area is 131 Å². The molecule has 4 aromatic rings. The van der Waals surface area contributed by atoms with E-state index in [1.54, 1.807) is 0 Å². The van der Waals surface area contributed by atoms with Gasteiger partial charge in [-0.1, -0.05) is 36.4 Å². The summed E-state index contributed by atoms with van der Waals surface area (Å²) in [7, 11) is 0. The molecule has 0 saturated heterocycles. The van der Waals surface area contributed by atoms with Crippen molar-refractivity contribution in [2.24, 2.45) is 0 Å². The predicted octanol–water partition coefficient (Wildman–Crippen LogP) is 5.45. The van der Waals surface area contributed by atoms with E-state index in [1.165, 1.54) is 16.5 Å². The smallest absolute Gasteiger partial charge is 0.0851 e. The Morgan fingerprint density at radius 3 is 2.76 bits per heavy atom. The molecule has 2 aromatic heterocycles. The predicted molar refractivity (Wildman–Crippen MR) is 91.5 cm³/mol. The van der Waals surface area contributed by atoms with Crippen molar-refractivity contribution in [1.29, 1.82) is 0 Å². The molecule has 2 nitrogen and oxygen atoms in total. The van der Waals surface area contributed by atoms with Gasteiger partial charge in [-0.05, 0) is 40.5 Å². The molecule has 0 fully saturated rings. The summed E-state index contributed by atoms with van der Waals surface area (Å²) >= 11 is 3.59. The number of fused-ring (bicyclic) bond motifs is 2. The van der Waals surface area contributed by atoms with Gasteiger partial charge in [-0.2, -0.15) is 0 Å². The third kappa shape index (κ3) is 1.96. The molecule has 102 valence electrons.